The molecule has 1 aromatic heterocycles. The predicted molar refractivity (Wildman–Crippen MR) is 60.9 cm³/mol. The fraction of sp³-hybridized carbons (Fsp3) is 0.0909. The highest BCUT2D eigenvalue weighted by molar-refractivity contribution is 5.87. The number of carboxylic acid groups (broad SMARTS) is 1. The average Bonchev–Trinajstić information content (AvgIpc) is 2.62. The number of benzene rings is 1. The predicted octanol–water partition coefficient (Wildman–Crippen LogP) is 2.77. The van der Waals surface area contributed by atoms with E-state index in [-0.39, 0.29) is 18.1 Å². The van der Waals surface area contributed by atoms with Crippen LogP contribution in [-0.4, -0.2) is 16.1 Å². The number of hydrogen-bond donors (Lipinski definition) is 1. The Morgan fingerprint density at radius 1 is 1.31 bits per heavy atom. The van der Waals surface area contributed by atoms with Gasteiger partial charge in [0, 0.05) is 5.56 Å². The van der Waals surface area contributed by atoms with Gasteiger partial charge >= 0.3 is 5.97 Å². The first-order valence-electron chi connectivity index (χ1n) is 4.44. The van der Waals surface area contributed by atoms with E-state index in [1.165, 1.54) is 0 Å². The van der Waals surface area contributed by atoms with Gasteiger partial charge in [-0.1, -0.05) is 18.2 Å². The second-order valence-electron chi connectivity index (χ2n) is 3.09. The lowest BCUT2D eigenvalue weighted by Crippen LogP contribution is -1.98. The number of aromatic nitrogens is 1. The van der Waals surface area contributed by atoms with Crippen LogP contribution in [0.2, 0.25) is 0 Å². The third-order valence-electron chi connectivity index (χ3n) is 2.02. The van der Waals surface area contributed by atoms with Gasteiger partial charge in [0.25, 0.3) is 0 Å². The van der Waals surface area contributed by atoms with Crippen LogP contribution >= 0.6 is 12.4 Å². The summed E-state index contributed by atoms with van der Waals surface area (Å²) < 4.78 is 5.27. The van der Waals surface area contributed by atoms with E-state index in [2.05, 4.69) is 4.98 Å². The molecule has 0 radical (unpaired) electrons. The number of oxazole rings is 1. The van der Waals surface area contributed by atoms with Gasteiger partial charge in [-0.05, 0) is 19.1 Å². The summed E-state index contributed by atoms with van der Waals surface area (Å²) >= 11 is 0. The van der Waals surface area contributed by atoms with Crippen molar-refractivity contribution in [2.45, 2.75) is 6.92 Å². The Morgan fingerprint density at radius 2 is 1.94 bits per heavy atom. The lowest BCUT2D eigenvalue weighted by Gasteiger charge is -1.91. The van der Waals surface area contributed by atoms with Crippen LogP contribution in [0.1, 0.15) is 16.2 Å². The third-order valence-corrected chi connectivity index (χ3v) is 2.02. The molecule has 1 heterocycles. The molecule has 0 bridgehead atoms. The number of aromatic carboxylic acids is 1. The zero-order chi connectivity index (χ0) is 10.8. The molecule has 2 rings (SSSR count). The van der Waals surface area contributed by atoms with Gasteiger partial charge in [0.2, 0.25) is 5.89 Å². The van der Waals surface area contributed by atoms with E-state index in [4.69, 9.17) is 9.52 Å². The van der Waals surface area contributed by atoms with Gasteiger partial charge in [-0.2, -0.15) is 0 Å². The van der Waals surface area contributed by atoms with E-state index < -0.39 is 5.97 Å². The van der Waals surface area contributed by atoms with Crippen LogP contribution in [-0.2, 0) is 0 Å². The molecule has 1 aromatic carbocycles. The van der Waals surface area contributed by atoms with Gasteiger partial charge in [0.05, 0.1) is 0 Å². The maximum Gasteiger partial charge on any atom is 0.358 e. The largest absolute Gasteiger partial charge is 0.476 e. The normalized spacial score (nSPS) is 9.56. The summed E-state index contributed by atoms with van der Waals surface area (Å²) in [7, 11) is 0. The summed E-state index contributed by atoms with van der Waals surface area (Å²) in [5.41, 5.74) is 0.738. The van der Waals surface area contributed by atoms with Gasteiger partial charge in [0.15, 0.2) is 5.69 Å². The Morgan fingerprint density at radius 3 is 2.44 bits per heavy atom. The van der Waals surface area contributed by atoms with Gasteiger partial charge in [0.1, 0.15) is 5.76 Å². The monoisotopic (exact) mass is 239 g/mol. The number of carbonyl (C=O) groups is 1. The molecular weight excluding hydrogens is 230 g/mol. The molecule has 2 aromatic rings. The van der Waals surface area contributed by atoms with Gasteiger partial charge in [-0.15, -0.1) is 12.4 Å². The lowest BCUT2D eigenvalue weighted by molar-refractivity contribution is 0.0689. The molecule has 0 aliphatic rings. The Hall–Kier alpha value is -1.81. The second-order valence-corrected chi connectivity index (χ2v) is 3.09. The van der Waals surface area contributed by atoms with Crippen LogP contribution in [0.25, 0.3) is 11.5 Å². The van der Waals surface area contributed by atoms with Crippen molar-refractivity contribution in [3.63, 3.8) is 0 Å². The van der Waals surface area contributed by atoms with Crippen molar-refractivity contribution >= 4 is 18.4 Å². The highest BCUT2D eigenvalue weighted by atomic mass is 35.5. The summed E-state index contributed by atoms with van der Waals surface area (Å²) in [6.45, 7) is 1.59. The first-order chi connectivity index (χ1) is 7.18. The van der Waals surface area contributed by atoms with Crippen molar-refractivity contribution < 1.29 is 14.3 Å². The molecular formula is C11H10ClNO3. The number of halogens is 1. The minimum Gasteiger partial charge on any atom is -0.476 e. The highest BCUT2D eigenvalue weighted by Crippen LogP contribution is 2.20. The van der Waals surface area contributed by atoms with E-state index in [0.717, 1.165) is 5.56 Å². The molecule has 0 unspecified atom stereocenters. The van der Waals surface area contributed by atoms with Crippen molar-refractivity contribution in [3.8, 4) is 11.5 Å². The highest BCUT2D eigenvalue weighted by Gasteiger charge is 2.16. The van der Waals surface area contributed by atoms with Crippen LogP contribution in [0, 0.1) is 6.92 Å². The Bertz CT molecular complexity index is 493. The Balaban J connectivity index is 0.00000128. The van der Waals surface area contributed by atoms with Crippen molar-refractivity contribution in [2.24, 2.45) is 0 Å². The number of aryl methyl sites for hydroxylation is 1. The van der Waals surface area contributed by atoms with Gasteiger partial charge < -0.3 is 9.52 Å². The van der Waals surface area contributed by atoms with Crippen LogP contribution in [0.3, 0.4) is 0 Å². The van der Waals surface area contributed by atoms with Crippen molar-refractivity contribution in [1.29, 1.82) is 0 Å². The quantitative estimate of drug-likeness (QED) is 0.875. The molecule has 1 N–H and O–H groups in total. The number of nitrogens with zero attached hydrogens (tertiary/aromatic N) is 1. The number of carboxylic acids is 1. The SMILES string of the molecule is Cc1oc(-c2ccccc2)nc1C(=O)O.Cl. The Labute approximate surface area is 98.3 Å². The van der Waals surface area contributed by atoms with Crippen molar-refractivity contribution in [3.05, 3.63) is 41.8 Å². The average molecular weight is 240 g/mol. The standard InChI is InChI=1S/C11H9NO3.ClH/c1-7-9(11(13)14)12-10(15-7)8-5-3-2-4-6-8;/h2-6H,1H3,(H,13,14);1H. The Kier molecular flexibility index (Phi) is 3.68. The molecule has 0 saturated heterocycles. The smallest absolute Gasteiger partial charge is 0.358 e. The molecule has 0 fully saturated rings. The summed E-state index contributed by atoms with van der Waals surface area (Å²) in [5.74, 6) is -0.412. The van der Waals surface area contributed by atoms with E-state index in [0.29, 0.717) is 11.7 Å². The maximum atomic E-state index is 10.7. The van der Waals surface area contributed by atoms with Crippen LogP contribution < -0.4 is 0 Å². The molecule has 5 heteroatoms. The van der Waals surface area contributed by atoms with E-state index in [1.54, 1.807) is 6.92 Å². The summed E-state index contributed by atoms with van der Waals surface area (Å²) in [4.78, 5) is 14.7. The van der Waals surface area contributed by atoms with E-state index >= 15 is 0 Å². The lowest BCUT2D eigenvalue weighted by atomic mass is 10.2. The maximum absolute atomic E-state index is 10.7. The zero-order valence-electron chi connectivity index (χ0n) is 8.51. The van der Waals surface area contributed by atoms with Crippen LogP contribution in [0.5, 0.6) is 0 Å². The number of hydrogen-bond acceptors (Lipinski definition) is 3. The third kappa shape index (κ3) is 2.23. The summed E-state index contributed by atoms with van der Waals surface area (Å²) in [6, 6.07) is 9.19. The fourth-order valence-corrected chi connectivity index (χ4v) is 1.30. The molecule has 0 saturated carbocycles. The van der Waals surface area contributed by atoms with Crippen LogP contribution in [0.4, 0.5) is 0 Å². The van der Waals surface area contributed by atoms with Crippen molar-refractivity contribution in [2.75, 3.05) is 0 Å². The van der Waals surface area contributed by atoms with Gasteiger partial charge in [-0.3, -0.25) is 0 Å². The topological polar surface area (TPSA) is 63.3 Å². The van der Waals surface area contributed by atoms with Crippen molar-refractivity contribution in [1.82, 2.24) is 4.98 Å². The molecule has 0 spiro atoms. The second kappa shape index (κ2) is 4.81. The first kappa shape index (κ1) is 12.3. The summed E-state index contributed by atoms with van der Waals surface area (Å²) in [6.07, 6.45) is 0. The van der Waals surface area contributed by atoms with Crippen LogP contribution in [0.15, 0.2) is 34.7 Å². The van der Waals surface area contributed by atoms with E-state index in [1.807, 2.05) is 30.3 Å². The minimum atomic E-state index is -1.07. The first-order valence-corrected chi connectivity index (χ1v) is 4.44. The molecule has 84 valence electrons. The molecule has 0 atom stereocenters. The molecule has 0 aliphatic heterocycles. The zero-order valence-corrected chi connectivity index (χ0v) is 9.32. The van der Waals surface area contributed by atoms with Gasteiger partial charge in [-0.25, -0.2) is 9.78 Å². The molecule has 0 amide bonds. The molecule has 16 heavy (non-hydrogen) atoms. The molecule has 4 nitrogen and oxygen atoms in total. The minimum absolute atomic E-state index is 0. The number of rotatable bonds is 2. The fourth-order valence-electron chi connectivity index (χ4n) is 1.30. The van der Waals surface area contributed by atoms with E-state index in [9.17, 15) is 4.79 Å². The summed E-state index contributed by atoms with van der Waals surface area (Å²) in [5, 5.41) is 8.80. The molecule has 0 aliphatic carbocycles.